The molecule has 0 saturated carbocycles. The summed E-state index contributed by atoms with van der Waals surface area (Å²) in [5.41, 5.74) is 3.76. The monoisotopic (exact) mass is 419 g/mol. The SMILES string of the molecule is CCC(C)N(CC1COc2ccc3nc(C)ccc3c2O1)c1c[nH]c2ccc(F)cc12. The first-order valence-electron chi connectivity index (χ1n) is 10.8. The molecule has 5 nitrogen and oxygen atoms in total. The van der Waals surface area contributed by atoms with Crippen molar-refractivity contribution in [3.05, 3.63) is 60.2 Å². The van der Waals surface area contributed by atoms with Crippen LogP contribution in [-0.4, -0.2) is 35.3 Å². The van der Waals surface area contributed by atoms with Crippen LogP contribution >= 0.6 is 0 Å². The lowest BCUT2D eigenvalue weighted by atomic mass is 10.1. The Morgan fingerprint density at radius 3 is 2.90 bits per heavy atom. The van der Waals surface area contributed by atoms with E-state index in [-0.39, 0.29) is 18.0 Å². The van der Waals surface area contributed by atoms with Crippen LogP contribution in [0.1, 0.15) is 26.0 Å². The van der Waals surface area contributed by atoms with Crippen molar-refractivity contribution in [1.82, 2.24) is 9.97 Å². The van der Waals surface area contributed by atoms with Gasteiger partial charge in [0.15, 0.2) is 17.6 Å². The van der Waals surface area contributed by atoms with Gasteiger partial charge in [0.25, 0.3) is 0 Å². The predicted molar refractivity (Wildman–Crippen MR) is 122 cm³/mol. The molecule has 4 aromatic rings. The number of aromatic nitrogens is 2. The fourth-order valence-corrected chi connectivity index (χ4v) is 4.24. The molecule has 2 aromatic carbocycles. The highest BCUT2D eigenvalue weighted by atomic mass is 19.1. The normalized spacial score (nSPS) is 16.6. The number of fused-ring (bicyclic) bond motifs is 4. The number of aryl methyl sites for hydroxylation is 1. The van der Waals surface area contributed by atoms with Gasteiger partial charge in [-0.1, -0.05) is 6.92 Å². The number of pyridine rings is 1. The third-order valence-corrected chi connectivity index (χ3v) is 6.09. The first kappa shape index (κ1) is 19.7. The van der Waals surface area contributed by atoms with Crippen molar-refractivity contribution >= 4 is 27.5 Å². The lowest BCUT2D eigenvalue weighted by Gasteiger charge is -2.36. The molecule has 1 N–H and O–H groups in total. The number of rotatable bonds is 5. The molecule has 160 valence electrons. The van der Waals surface area contributed by atoms with E-state index in [1.807, 2.05) is 37.4 Å². The second kappa shape index (κ2) is 7.76. The fraction of sp³-hybridized carbons (Fsp3) is 0.320. The van der Waals surface area contributed by atoms with Crippen LogP contribution in [0.15, 0.2) is 48.7 Å². The van der Waals surface area contributed by atoms with Gasteiger partial charge in [-0.25, -0.2) is 4.39 Å². The van der Waals surface area contributed by atoms with Crippen LogP contribution in [0.4, 0.5) is 10.1 Å². The van der Waals surface area contributed by atoms with Gasteiger partial charge in [-0.15, -0.1) is 0 Å². The molecule has 2 unspecified atom stereocenters. The largest absolute Gasteiger partial charge is 0.486 e. The van der Waals surface area contributed by atoms with E-state index in [9.17, 15) is 4.39 Å². The molecular formula is C25H26FN3O2. The molecule has 0 spiro atoms. The molecule has 0 amide bonds. The van der Waals surface area contributed by atoms with Gasteiger partial charge in [0.1, 0.15) is 12.4 Å². The van der Waals surface area contributed by atoms with Crippen LogP contribution in [0.2, 0.25) is 0 Å². The van der Waals surface area contributed by atoms with Crippen LogP contribution in [-0.2, 0) is 0 Å². The van der Waals surface area contributed by atoms with Gasteiger partial charge < -0.3 is 19.4 Å². The standard InChI is InChI=1S/C25H26FN3O2/c1-4-16(3)29(23-12-27-21-8-6-17(26)11-20(21)23)13-18-14-30-24-10-9-22-19(25(24)31-18)7-5-15(2)28-22/h5-12,16,18,27H,4,13-14H2,1-3H3. The van der Waals surface area contributed by atoms with Gasteiger partial charge in [0.05, 0.1) is 17.7 Å². The Bertz CT molecular complexity index is 1250. The van der Waals surface area contributed by atoms with Gasteiger partial charge in [-0.3, -0.25) is 4.98 Å². The smallest absolute Gasteiger partial charge is 0.171 e. The van der Waals surface area contributed by atoms with Crippen molar-refractivity contribution in [2.75, 3.05) is 18.1 Å². The van der Waals surface area contributed by atoms with Crippen molar-refractivity contribution in [3.63, 3.8) is 0 Å². The Hall–Kier alpha value is -3.28. The first-order valence-corrected chi connectivity index (χ1v) is 10.8. The summed E-state index contributed by atoms with van der Waals surface area (Å²) in [6.45, 7) is 7.40. The molecule has 1 aliphatic heterocycles. The van der Waals surface area contributed by atoms with Crippen molar-refractivity contribution < 1.29 is 13.9 Å². The number of aromatic amines is 1. The summed E-state index contributed by atoms with van der Waals surface area (Å²) in [7, 11) is 0. The average Bonchev–Trinajstić information content (AvgIpc) is 3.19. The van der Waals surface area contributed by atoms with Crippen LogP contribution in [0.5, 0.6) is 11.5 Å². The Morgan fingerprint density at radius 2 is 2.06 bits per heavy atom. The summed E-state index contributed by atoms with van der Waals surface area (Å²) in [6.07, 6.45) is 2.75. The molecule has 2 aromatic heterocycles. The van der Waals surface area contributed by atoms with Crippen molar-refractivity contribution in [2.24, 2.45) is 0 Å². The van der Waals surface area contributed by atoms with E-state index >= 15 is 0 Å². The average molecular weight is 420 g/mol. The molecule has 6 heteroatoms. The third kappa shape index (κ3) is 3.56. The van der Waals surface area contributed by atoms with Gasteiger partial charge in [0, 0.05) is 34.2 Å². The van der Waals surface area contributed by atoms with E-state index < -0.39 is 0 Å². The number of H-pyrrole nitrogens is 1. The lowest BCUT2D eigenvalue weighted by molar-refractivity contribution is 0.0960. The zero-order valence-electron chi connectivity index (χ0n) is 18.0. The van der Waals surface area contributed by atoms with Crippen molar-refractivity contribution in [1.29, 1.82) is 0 Å². The number of hydrogen-bond acceptors (Lipinski definition) is 4. The van der Waals surface area contributed by atoms with E-state index in [0.29, 0.717) is 13.2 Å². The molecule has 3 heterocycles. The van der Waals surface area contributed by atoms with E-state index in [4.69, 9.17) is 9.47 Å². The zero-order chi connectivity index (χ0) is 21.5. The summed E-state index contributed by atoms with van der Waals surface area (Å²) >= 11 is 0. The molecule has 1 aliphatic rings. The minimum atomic E-state index is -0.238. The Labute approximate surface area is 180 Å². The molecule has 0 aliphatic carbocycles. The van der Waals surface area contributed by atoms with E-state index in [1.54, 1.807) is 12.1 Å². The van der Waals surface area contributed by atoms with Crippen molar-refractivity contribution in [3.8, 4) is 11.5 Å². The Kier molecular flexibility index (Phi) is 4.93. The molecule has 0 saturated heterocycles. The fourth-order valence-electron chi connectivity index (χ4n) is 4.24. The summed E-state index contributed by atoms with van der Waals surface area (Å²) in [5, 5.41) is 1.83. The first-order chi connectivity index (χ1) is 15.0. The molecular weight excluding hydrogens is 393 g/mol. The molecule has 0 bridgehead atoms. The van der Waals surface area contributed by atoms with Crippen molar-refractivity contribution in [2.45, 2.75) is 39.3 Å². The summed E-state index contributed by atoms with van der Waals surface area (Å²) in [5.74, 6) is 1.26. The quantitative estimate of drug-likeness (QED) is 0.457. The van der Waals surface area contributed by atoms with E-state index in [0.717, 1.165) is 51.1 Å². The van der Waals surface area contributed by atoms with Gasteiger partial charge in [0.2, 0.25) is 0 Å². The van der Waals surface area contributed by atoms with Gasteiger partial charge in [-0.2, -0.15) is 0 Å². The molecule has 0 radical (unpaired) electrons. The minimum absolute atomic E-state index is 0.160. The summed E-state index contributed by atoms with van der Waals surface area (Å²) < 4.78 is 26.5. The second-order valence-corrected chi connectivity index (χ2v) is 8.24. The van der Waals surface area contributed by atoms with E-state index in [2.05, 4.69) is 28.7 Å². The molecule has 2 atom stereocenters. The number of anilines is 1. The van der Waals surface area contributed by atoms with Crippen LogP contribution < -0.4 is 14.4 Å². The topological polar surface area (TPSA) is 50.4 Å². The third-order valence-electron chi connectivity index (χ3n) is 6.09. The zero-order valence-corrected chi connectivity index (χ0v) is 18.0. The highest BCUT2D eigenvalue weighted by Crippen LogP contribution is 2.39. The number of halogens is 1. The highest BCUT2D eigenvalue weighted by Gasteiger charge is 2.28. The maximum atomic E-state index is 14.0. The maximum Gasteiger partial charge on any atom is 0.171 e. The number of nitrogens with one attached hydrogen (secondary N) is 1. The van der Waals surface area contributed by atoms with Crippen LogP contribution in [0.3, 0.4) is 0 Å². The number of benzene rings is 2. The minimum Gasteiger partial charge on any atom is -0.486 e. The Morgan fingerprint density at radius 1 is 1.19 bits per heavy atom. The molecule has 31 heavy (non-hydrogen) atoms. The van der Waals surface area contributed by atoms with Gasteiger partial charge >= 0.3 is 0 Å². The molecule has 0 fully saturated rings. The maximum absolute atomic E-state index is 14.0. The second-order valence-electron chi connectivity index (χ2n) is 8.24. The molecule has 5 rings (SSSR count). The van der Waals surface area contributed by atoms with E-state index in [1.165, 1.54) is 6.07 Å². The summed E-state index contributed by atoms with van der Waals surface area (Å²) in [6, 6.07) is 13.0. The predicted octanol–water partition coefficient (Wildman–Crippen LogP) is 5.61. The number of nitrogens with zero attached hydrogens (tertiary/aromatic N) is 2. The number of hydrogen-bond donors (Lipinski definition) is 1. The van der Waals surface area contributed by atoms with Crippen LogP contribution in [0.25, 0.3) is 21.8 Å². The number of ether oxygens (including phenoxy) is 2. The Balaban J connectivity index is 1.48. The van der Waals surface area contributed by atoms with Crippen LogP contribution in [0, 0.1) is 12.7 Å². The summed E-state index contributed by atoms with van der Waals surface area (Å²) in [4.78, 5) is 10.2. The highest BCUT2D eigenvalue weighted by molar-refractivity contribution is 5.93. The van der Waals surface area contributed by atoms with Gasteiger partial charge in [-0.05, 0) is 62.7 Å². The lowest BCUT2D eigenvalue weighted by Crippen LogP contribution is -2.44.